The van der Waals surface area contributed by atoms with Crippen LogP contribution in [0.2, 0.25) is 0 Å². The summed E-state index contributed by atoms with van der Waals surface area (Å²) < 4.78 is 5.72. The fraction of sp³-hybridized carbons (Fsp3) is 0.810. The second-order valence-corrected chi connectivity index (χ2v) is 9.65. The van der Waals surface area contributed by atoms with Crippen molar-refractivity contribution in [3.63, 3.8) is 0 Å². The first-order valence-corrected chi connectivity index (χ1v) is 9.92. The first kappa shape index (κ1) is 16.2. The van der Waals surface area contributed by atoms with Crippen molar-refractivity contribution in [1.29, 1.82) is 0 Å². The molecule has 0 aromatic heterocycles. The lowest BCUT2D eigenvalue weighted by molar-refractivity contribution is -0.159. The largest absolute Gasteiger partial charge is 0.379 e. The first-order valence-electron chi connectivity index (χ1n) is 9.92. The Morgan fingerprint density at radius 1 is 1.12 bits per heavy atom. The summed E-state index contributed by atoms with van der Waals surface area (Å²) in [7, 11) is 0. The van der Waals surface area contributed by atoms with Gasteiger partial charge in [-0.05, 0) is 67.8 Å². The number of hydrogen-bond acceptors (Lipinski definition) is 4. The van der Waals surface area contributed by atoms with Crippen LogP contribution in [0.4, 0.5) is 0 Å². The molecule has 0 radical (unpaired) electrons. The lowest BCUT2D eigenvalue weighted by atomic mass is 9.46. The highest BCUT2D eigenvalue weighted by atomic mass is 16.5. The molecule has 0 aromatic carbocycles. The molecule has 4 nitrogen and oxygen atoms in total. The van der Waals surface area contributed by atoms with Gasteiger partial charge in [0.2, 0.25) is 0 Å². The van der Waals surface area contributed by atoms with Gasteiger partial charge in [-0.2, -0.15) is 0 Å². The van der Waals surface area contributed by atoms with Crippen molar-refractivity contribution in [2.75, 3.05) is 6.61 Å². The van der Waals surface area contributed by atoms with Crippen LogP contribution in [0.3, 0.4) is 0 Å². The van der Waals surface area contributed by atoms with Gasteiger partial charge < -0.3 is 9.84 Å². The third-order valence-corrected chi connectivity index (χ3v) is 9.00. The van der Waals surface area contributed by atoms with Gasteiger partial charge in [-0.15, -0.1) is 0 Å². The summed E-state index contributed by atoms with van der Waals surface area (Å²) in [6.45, 7) is 4.57. The summed E-state index contributed by atoms with van der Waals surface area (Å²) in [6, 6.07) is 0. The van der Waals surface area contributed by atoms with Crippen molar-refractivity contribution in [3.05, 3.63) is 11.6 Å². The minimum Gasteiger partial charge on any atom is -0.379 e. The quantitative estimate of drug-likeness (QED) is 0.734. The van der Waals surface area contributed by atoms with Gasteiger partial charge in [0.1, 0.15) is 6.61 Å². The van der Waals surface area contributed by atoms with Gasteiger partial charge in [0.25, 0.3) is 0 Å². The van der Waals surface area contributed by atoms with Crippen LogP contribution in [-0.4, -0.2) is 35.0 Å². The zero-order valence-corrected chi connectivity index (χ0v) is 15.2. The molecule has 0 spiro atoms. The number of aliphatic hydroxyl groups is 1. The van der Waals surface area contributed by atoms with Gasteiger partial charge in [-0.1, -0.05) is 19.4 Å². The minimum absolute atomic E-state index is 0.0737. The first-order chi connectivity index (χ1) is 11.8. The number of ether oxygens (including phenoxy) is 1. The van der Waals surface area contributed by atoms with E-state index in [2.05, 4.69) is 13.8 Å². The van der Waals surface area contributed by atoms with E-state index in [1.165, 1.54) is 5.57 Å². The second kappa shape index (κ2) is 4.83. The van der Waals surface area contributed by atoms with Crippen LogP contribution in [0, 0.1) is 28.6 Å². The van der Waals surface area contributed by atoms with E-state index in [0.717, 1.165) is 38.5 Å². The molecule has 0 bridgehead atoms. The van der Waals surface area contributed by atoms with E-state index in [1.54, 1.807) is 0 Å². The van der Waals surface area contributed by atoms with E-state index in [0.29, 0.717) is 24.2 Å². The Bertz CT molecular complexity index is 696. The van der Waals surface area contributed by atoms with Crippen molar-refractivity contribution in [2.24, 2.45) is 28.6 Å². The zero-order chi connectivity index (χ0) is 17.6. The molecule has 1 heterocycles. The van der Waals surface area contributed by atoms with Gasteiger partial charge in [-0.3, -0.25) is 9.59 Å². The molecule has 136 valence electrons. The molecule has 7 atom stereocenters. The molecule has 1 N–H and O–H groups in total. The molecule has 1 saturated heterocycles. The van der Waals surface area contributed by atoms with Crippen LogP contribution < -0.4 is 0 Å². The highest BCUT2D eigenvalue weighted by molar-refractivity contribution is 5.92. The number of rotatable bonds is 0. The van der Waals surface area contributed by atoms with Crippen molar-refractivity contribution in [3.8, 4) is 0 Å². The van der Waals surface area contributed by atoms with E-state index >= 15 is 0 Å². The normalized spacial score (nSPS) is 54.4. The summed E-state index contributed by atoms with van der Waals surface area (Å²) in [6.07, 6.45) is 8.06. The number of fused-ring (bicyclic) bond motifs is 7. The lowest BCUT2D eigenvalue weighted by Gasteiger charge is -2.58. The van der Waals surface area contributed by atoms with Crippen molar-refractivity contribution < 1.29 is 19.4 Å². The van der Waals surface area contributed by atoms with Crippen LogP contribution in [0.5, 0.6) is 0 Å². The minimum atomic E-state index is -1.28. The fourth-order valence-electron chi connectivity index (χ4n) is 7.53. The molecular formula is C21H28O4. The predicted octanol–water partition coefficient (Wildman–Crippen LogP) is 2.83. The molecule has 4 fully saturated rings. The van der Waals surface area contributed by atoms with E-state index in [4.69, 9.17) is 4.74 Å². The summed E-state index contributed by atoms with van der Waals surface area (Å²) in [5.74, 6) is 1.62. The number of ketones is 2. The molecule has 0 amide bonds. The lowest BCUT2D eigenvalue weighted by Crippen LogP contribution is -2.58. The van der Waals surface area contributed by atoms with Crippen LogP contribution in [0.25, 0.3) is 0 Å². The maximum Gasteiger partial charge on any atom is 0.193 e. The average molecular weight is 344 g/mol. The maximum atomic E-state index is 12.5. The molecule has 1 aliphatic heterocycles. The average Bonchev–Trinajstić information content (AvgIpc) is 2.99. The Labute approximate surface area is 149 Å². The molecule has 5 rings (SSSR count). The monoisotopic (exact) mass is 344 g/mol. The molecule has 0 unspecified atom stereocenters. The van der Waals surface area contributed by atoms with E-state index in [1.807, 2.05) is 6.08 Å². The second-order valence-electron chi connectivity index (χ2n) is 9.65. The summed E-state index contributed by atoms with van der Waals surface area (Å²) in [4.78, 5) is 24.4. The predicted molar refractivity (Wildman–Crippen MR) is 91.8 cm³/mol. The van der Waals surface area contributed by atoms with Crippen molar-refractivity contribution in [1.82, 2.24) is 0 Å². The number of carbonyl (C=O) groups excluding carboxylic acids is 2. The Morgan fingerprint density at radius 3 is 2.72 bits per heavy atom. The summed E-state index contributed by atoms with van der Waals surface area (Å²) in [5.41, 5.74) is -0.141. The molecule has 4 aliphatic carbocycles. The highest BCUT2D eigenvalue weighted by Gasteiger charge is 2.72. The molecule has 25 heavy (non-hydrogen) atoms. The van der Waals surface area contributed by atoms with Crippen LogP contribution in [0.15, 0.2) is 11.6 Å². The SMILES string of the molecule is C[C@]12CCC(=O)C=C1CC[C@H]1[C@H]2CC[C@@]2(C)[C@H]1C[C@H]1OCC(=O)[C@@]12O. The van der Waals surface area contributed by atoms with Gasteiger partial charge in [-0.25, -0.2) is 0 Å². The smallest absolute Gasteiger partial charge is 0.193 e. The van der Waals surface area contributed by atoms with Crippen LogP contribution in [-0.2, 0) is 14.3 Å². The highest BCUT2D eigenvalue weighted by Crippen LogP contribution is 2.68. The number of allylic oxidation sites excluding steroid dienone is 1. The zero-order valence-electron chi connectivity index (χ0n) is 15.2. The van der Waals surface area contributed by atoms with E-state index in [-0.39, 0.29) is 35.1 Å². The molecule has 5 aliphatic rings. The van der Waals surface area contributed by atoms with E-state index in [9.17, 15) is 14.7 Å². The Morgan fingerprint density at radius 2 is 1.92 bits per heavy atom. The Hall–Kier alpha value is -1.00. The number of hydrogen-bond donors (Lipinski definition) is 1. The Balaban J connectivity index is 1.53. The van der Waals surface area contributed by atoms with E-state index < -0.39 is 5.60 Å². The number of Topliss-reactive ketones (excluding diaryl/α,β-unsaturated/α-hetero) is 1. The summed E-state index contributed by atoms with van der Waals surface area (Å²) in [5, 5.41) is 11.3. The van der Waals surface area contributed by atoms with Crippen LogP contribution >= 0.6 is 0 Å². The molecular weight excluding hydrogens is 316 g/mol. The van der Waals surface area contributed by atoms with Crippen LogP contribution in [0.1, 0.15) is 58.8 Å². The topological polar surface area (TPSA) is 63.6 Å². The summed E-state index contributed by atoms with van der Waals surface area (Å²) >= 11 is 0. The standard InChI is InChI=1S/C21H28O4/c1-19-7-5-13(22)9-12(19)3-4-14-15(19)6-8-20(2)16(14)10-18-21(20,24)17(23)11-25-18/h9,14-16,18,24H,3-8,10-11H2,1-2H3/t14-,15+,16-,18+,19-,20-,21+/m0/s1. The maximum absolute atomic E-state index is 12.5. The third kappa shape index (κ3) is 1.76. The molecule has 4 heteroatoms. The Kier molecular flexibility index (Phi) is 3.13. The van der Waals surface area contributed by atoms with Gasteiger partial charge in [0.05, 0.1) is 6.10 Å². The van der Waals surface area contributed by atoms with Gasteiger partial charge in [0.15, 0.2) is 17.2 Å². The molecule has 0 aromatic rings. The van der Waals surface area contributed by atoms with Crippen molar-refractivity contribution in [2.45, 2.75) is 70.5 Å². The third-order valence-electron chi connectivity index (χ3n) is 9.00. The van der Waals surface area contributed by atoms with Gasteiger partial charge in [0, 0.05) is 11.8 Å². The molecule has 3 saturated carbocycles. The van der Waals surface area contributed by atoms with Crippen molar-refractivity contribution >= 4 is 11.6 Å². The fourth-order valence-corrected chi connectivity index (χ4v) is 7.53. The van der Waals surface area contributed by atoms with Gasteiger partial charge >= 0.3 is 0 Å². The number of carbonyl (C=O) groups is 2.